The van der Waals surface area contributed by atoms with Crippen molar-refractivity contribution in [3.05, 3.63) is 92.4 Å². The van der Waals surface area contributed by atoms with Crippen LogP contribution in [0.4, 0.5) is 14.5 Å². The third-order valence-corrected chi connectivity index (χ3v) is 5.06. The minimum absolute atomic E-state index is 0.0933. The van der Waals surface area contributed by atoms with Crippen LogP contribution in [0.5, 0.6) is 0 Å². The smallest absolute Gasteiger partial charge is 0.267 e. The monoisotopic (exact) mass is 395 g/mol. The summed E-state index contributed by atoms with van der Waals surface area (Å²) in [6.07, 6.45) is 4.15. The molecule has 29 heavy (non-hydrogen) atoms. The van der Waals surface area contributed by atoms with E-state index < -0.39 is 17.5 Å². The predicted octanol–water partition coefficient (Wildman–Crippen LogP) is 3.77. The Morgan fingerprint density at radius 1 is 1.03 bits per heavy atom. The number of H-pyrrole nitrogens is 1. The number of fused-ring (bicyclic) bond motifs is 1. The second kappa shape index (κ2) is 7.95. The number of carbonyl (C=O) groups is 1. The van der Waals surface area contributed by atoms with Crippen LogP contribution in [0.3, 0.4) is 0 Å². The van der Waals surface area contributed by atoms with Crippen LogP contribution in [0.2, 0.25) is 0 Å². The summed E-state index contributed by atoms with van der Waals surface area (Å²) in [5.41, 5.74) is 3.87. The van der Waals surface area contributed by atoms with Crippen LogP contribution in [-0.2, 0) is 19.3 Å². The second-order valence-corrected chi connectivity index (χ2v) is 7.15. The van der Waals surface area contributed by atoms with Crippen LogP contribution >= 0.6 is 0 Å². The normalized spacial score (nSPS) is 13.0. The molecule has 5 nitrogen and oxygen atoms in total. The van der Waals surface area contributed by atoms with Gasteiger partial charge in [-0.05, 0) is 61.1 Å². The first kappa shape index (κ1) is 19.0. The van der Waals surface area contributed by atoms with Gasteiger partial charge >= 0.3 is 0 Å². The molecular weight excluding hydrogens is 376 g/mol. The molecule has 2 N–H and O–H groups in total. The minimum atomic E-state index is -0.808. The summed E-state index contributed by atoms with van der Waals surface area (Å²) in [7, 11) is 0. The number of nitrogens with one attached hydrogen (secondary N) is 2. The molecule has 0 fully saturated rings. The molecule has 7 heteroatoms. The van der Waals surface area contributed by atoms with E-state index in [9.17, 15) is 18.4 Å². The largest absolute Gasteiger partial charge is 0.322 e. The maximum Gasteiger partial charge on any atom is 0.267 e. The number of anilines is 1. The fourth-order valence-electron chi connectivity index (χ4n) is 3.71. The van der Waals surface area contributed by atoms with Gasteiger partial charge in [-0.3, -0.25) is 9.59 Å². The molecule has 1 aliphatic rings. The zero-order valence-electron chi connectivity index (χ0n) is 15.6. The molecule has 1 aromatic heterocycles. The van der Waals surface area contributed by atoms with Crippen molar-refractivity contribution < 1.29 is 13.6 Å². The van der Waals surface area contributed by atoms with Gasteiger partial charge in [0.15, 0.2) is 0 Å². The fourth-order valence-corrected chi connectivity index (χ4v) is 3.71. The third-order valence-electron chi connectivity index (χ3n) is 5.06. The summed E-state index contributed by atoms with van der Waals surface area (Å²) in [4.78, 5) is 24.3. The maximum absolute atomic E-state index is 13.3. The molecule has 0 saturated carbocycles. The zero-order valence-corrected chi connectivity index (χ0v) is 15.6. The Balaban J connectivity index is 1.55. The number of nitrogens with zero attached hydrogens (tertiary/aromatic N) is 1. The molecule has 0 spiro atoms. The molecule has 0 unspecified atom stereocenters. The molecule has 148 valence electrons. The summed E-state index contributed by atoms with van der Waals surface area (Å²) >= 11 is 0. The van der Waals surface area contributed by atoms with Crippen LogP contribution < -0.4 is 10.9 Å². The van der Waals surface area contributed by atoms with Crippen LogP contribution in [0.15, 0.2) is 47.3 Å². The van der Waals surface area contributed by atoms with E-state index in [1.807, 2.05) is 6.07 Å². The number of rotatable bonds is 4. The van der Waals surface area contributed by atoms with E-state index in [1.165, 1.54) is 0 Å². The minimum Gasteiger partial charge on any atom is -0.322 e. The Kier molecular flexibility index (Phi) is 5.20. The van der Waals surface area contributed by atoms with Gasteiger partial charge in [0.2, 0.25) is 0 Å². The first-order chi connectivity index (χ1) is 14.0. The number of amides is 1. The van der Waals surface area contributed by atoms with E-state index in [1.54, 1.807) is 18.2 Å². The van der Waals surface area contributed by atoms with Gasteiger partial charge in [-0.1, -0.05) is 12.1 Å². The number of carbonyl (C=O) groups excluding carboxylic acids is 1. The van der Waals surface area contributed by atoms with Crippen molar-refractivity contribution in [2.45, 2.75) is 32.1 Å². The number of aromatic nitrogens is 2. The first-order valence-electron chi connectivity index (χ1n) is 9.45. The molecule has 0 saturated heterocycles. The summed E-state index contributed by atoms with van der Waals surface area (Å²) < 4.78 is 26.7. The highest BCUT2D eigenvalue weighted by atomic mass is 19.1. The molecule has 0 bridgehead atoms. The number of halogens is 2. The lowest BCUT2D eigenvalue weighted by Gasteiger charge is -2.17. The Morgan fingerprint density at radius 3 is 2.52 bits per heavy atom. The van der Waals surface area contributed by atoms with Crippen molar-refractivity contribution in [1.29, 1.82) is 0 Å². The topological polar surface area (TPSA) is 74.8 Å². The van der Waals surface area contributed by atoms with Crippen LogP contribution in [0.25, 0.3) is 0 Å². The predicted molar refractivity (Wildman–Crippen MR) is 105 cm³/mol. The molecule has 2 aromatic carbocycles. The Hall–Kier alpha value is -3.35. The lowest BCUT2D eigenvalue weighted by atomic mass is 9.90. The van der Waals surface area contributed by atoms with E-state index in [2.05, 4.69) is 15.5 Å². The van der Waals surface area contributed by atoms with E-state index in [0.717, 1.165) is 66.3 Å². The van der Waals surface area contributed by atoms with Gasteiger partial charge in [0, 0.05) is 29.3 Å². The highest BCUT2D eigenvalue weighted by Gasteiger charge is 2.18. The summed E-state index contributed by atoms with van der Waals surface area (Å²) in [6, 6.07) is 9.87. The number of hydrogen-bond donors (Lipinski definition) is 2. The number of hydrogen-bond acceptors (Lipinski definition) is 3. The lowest BCUT2D eigenvalue weighted by Crippen LogP contribution is -2.23. The number of aromatic amines is 1. The van der Waals surface area contributed by atoms with Gasteiger partial charge < -0.3 is 5.32 Å². The Bertz CT molecular complexity index is 1120. The molecule has 1 amide bonds. The summed E-state index contributed by atoms with van der Waals surface area (Å²) in [6.45, 7) is 0. The van der Waals surface area contributed by atoms with Gasteiger partial charge in [0.05, 0.1) is 5.69 Å². The molecule has 1 heterocycles. The van der Waals surface area contributed by atoms with E-state index in [-0.39, 0.29) is 11.1 Å². The van der Waals surface area contributed by atoms with Crippen LogP contribution in [-0.4, -0.2) is 16.1 Å². The highest BCUT2D eigenvalue weighted by molar-refractivity contribution is 6.04. The van der Waals surface area contributed by atoms with Crippen molar-refractivity contribution in [2.75, 3.05) is 5.32 Å². The Labute approximate surface area is 165 Å². The molecule has 3 aromatic rings. The average Bonchev–Trinajstić information content (AvgIpc) is 2.70. The van der Waals surface area contributed by atoms with E-state index in [0.29, 0.717) is 12.1 Å². The molecular formula is C22H19F2N3O2. The summed E-state index contributed by atoms with van der Waals surface area (Å²) in [5.74, 6) is -2.21. The maximum atomic E-state index is 13.3. The van der Waals surface area contributed by atoms with Crippen molar-refractivity contribution >= 4 is 11.6 Å². The quantitative estimate of drug-likeness (QED) is 0.706. The van der Waals surface area contributed by atoms with Crippen molar-refractivity contribution in [3.8, 4) is 0 Å². The highest BCUT2D eigenvalue weighted by Crippen LogP contribution is 2.23. The van der Waals surface area contributed by atoms with E-state index in [4.69, 9.17) is 0 Å². The second-order valence-electron chi connectivity index (χ2n) is 7.15. The van der Waals surface area contributed by atoms with Crippen LogP contribution in [0.1, 0.15) is 45.6 Å². The molecule has 0 atom stereocenters. The van der Waals surface area contributed by atoms with Crippen LogP contribution in [0, 0.1) is 11.6 Å². The first-order valence-corrected chi connectivity index (χ1v) is 9.45. The van der Waals surface area contributed by atoms with E-state index >= 15 is 0 Å². The molecule has 0 aliphatic heterocycles. The SMILES string of the molecule is O=C(Nc1cccc(Cc2n[nH]c(=O)c3c2CCCC3)c1)c1cc(F)cc(F)c1. The lowest BCUT2D eigenvalue weighted by molar-refractivity contribution is 0.102. The van der Waals surface area contributed by atoms with Crippen molar-refractivity contribution in [1.82, 2.24) is 10.2 Å². The van der Waals surface area contributed by atoms with Gasteiger partial charge in [-0.15, -0.1) is 0 Å². The summed E-state index contributed by atoms with van der Waals surface area (Å²) in [5, 5.41) is 9.48. The van der Waals surface area contributed by atoms with Crippen molar-refractivity contribution in [3.63, 3.8) is 0 Å². The van der Waals surface area contributed by atoms with Crippen molar-refractivity contribution in [2.24, 2.45) is 0 Å². The standard InChI is InChI=1S/C22H19F2N3O2/c23-15-10-14(11-16(24)12-15)21(28)25-17-5-3-4-13(8-17)9-20-18-6-1-2-7-19(18)22(29)27-26-20/h3-5,8,10-12H,1-2,6-7,9H2,(H,25,28)(H,27,29). The number of benzene rings is 2. The Morgan fingerprint density at radius 2 is 1.76 bits per heavy atom. The van der Waals surface area contributed by atoms with Gasteiger partial charge in [-0.25, -0.2) is 13.9 Å². The van der Waals surface area contributed by atoms with Gasteiger partial charge in [0.25, 0.3) is 11.5 Å². The van der Waals surface area contributed by atoms with Gasteiger partial charge in [0.1, 0.15) is 11.6 Å². The van der Waals surface area contributed by atoms with Gasteiger partial charge in [-0.2, -0.15) is 5.10 Å². The zero-order chi connectivity index (χ0) is 20.4. The third kappa shape index (κ3) is 4.23. The molecule has 4 rings (SSSR count). The average molecular weight is 395 g/mol. The molecule has 1 aliphatic carbocycles. The molecule has 0 radical (unpaired) electrons. The fraction of sp³-hybridized carbons (Fsp3) is 0.227.